The van der Waals surface area contributed by atoms with E-state index in [1.54, 1.807) is 28.8 Å². The number of fused-ring (bicyclic) bond motifs is 2. The van der Waals surface area contributed by atoms with Crippen molar-refractivity contribution in [3.05, 3.63) is 83.3 Å². The summed E-state index contributed by atoms with van der Waals surface area (Å²) in [5, 5.41) is 0.357. The van der Waals surface area contributed by atoms with Crippen LogP contribution in [0.3, 0.4) is 0 Å². The Hall–Kier alpha value is -3.85. The maximum Gasteiger partial charge on any atom is 0.338 e. The molecule has 0 spiro atoms. The average molecular weight is 491 g/mol. The number of benzene rings is 2. The van der Waals surface area contributed by atoms with Gasteiger partial charge in [0.2, 0.25) is 0 Å². The molecule has 0 saturated carbocycles. The van der Waals surface area contributed by atoms with E-state index in [9.17, 15) is 19.2 Å². The minimum absolute atomic E-state index is 0.00183. The van der Waals surface area contributed by atoms with E-state index >= 15 is 0 Å². The summed E-state index contributed by atoms with van der Waals surface area (Å²) in [7, 11) is 0. The van der Waals surface area contributed by atoms with Gasteiger partial charge in [-0.2, -0.15) is 0 Å². The number of hydrogen-bond donors (Lipinski definition) is 0. The number of ether oxygens (including phenoxy) is 1. The number of amides is 3. The Labute approximate surface area is 205 Å². The summed E-state index contributed by atoms with van der Waals surface area (Å²) in [6.07, 6.45) is 2.28. The molecule has 9 heteroatoms. The van der Waals surface area contributed by atoms with Gasteiger partial charge in [-0.05, 0) is 48.9 Å². The molecule has 3 heterocycles. The second-order valence-corrected chi connectivity index (χ2v) is 9.82. The molecule has 178 valence electrons. The summed E-state index contributed by atoms with van der Waals surface area (Å²) in [5.41, 5.74) is 1.23. The Morgan fingerprint density at radius 3 is 2.66 bits per heavy atom. The summed E-state index contributed by atoms with van der Waals surface area (Å²) in [5.74, 6) is -1.56. The lowest BCUT2D eigenvalue weighted by Gasteiger charge is -2.22. The summed E-state index contributed by atoms with van der Waals surface area (Å²) in [4.78, 5) is 54.8. The minimum Gasteiger partial charge on any atom is -0.467 e. The molecule has 0 aliphatic carbocycles. The molecule has 0 saturated heterocycles. The summed E-state index contributed by atoms with van der Waals surface area (Å²) in [6, 6.07) is 15.2. The van der Waals surface area contributed by atoms with Crippen LogP contribution in [0.25, 0.3) is 0 Å². The van der Waals surface area contributed by atoms with Crippen LogP contribution in [0.5, 0.6) is 0 Å². The minimum atomic E-state index is -0.739. The number of nitrogens with zero attached hydrogens (tertiary/aromatic N) is 2. The molecule has 2 aliphatic heterocycles. The number of anilines is 1. The lowest BCUT2D eigenvalue weighted by molar-refractivity contribution is -0.121. The highest BCUT2D eigenvalue weighted by Crippen LogP contribution is 2.37. The molecule has 0 N–H and O–H groups in total. The first-order valence-electron chi connectivity index (χ1n) is 11.2. The lowest BCUT2D eigenvalue weighted by atomic mass is 10.1. The van der Waals surface area contributed by atoms with Crippen molar-refractivity contribution in [2.24, 2.45) is 0 Å². The largest absolute Gasteiger partial charge is 0.467 e. The highest BCUT2D eigenvalue weighted by Gasteiger charge is 2.36. The standard InChI is InChI=1S/C26H22N2O6S/c1-16-10-11-27(21-6-2-3-7-22(21)35-16)23(29)15-34-26(32)17-8-9-19-20(13-17)25(31)28(24(19)30)14-18-5-4-12-33-18/h2-9,12-13,16H,10-11,14-15H2,1H3. The number of esters is 1. The van der Waals surface area contributed by atoms with Crippen molar-refractivity contribution < 1.29 is 28.3 Å². The van der Waals surface area contributed by atoms with E-state index in [0.29, 0.717) is 17.6 Å². The van der Waals surface area contributed by atoms with Gasteiger partial charge in [0.05, 0.1) is 35.2 Å². The van der Waals surface area contributed by atoms with Crippen molar-refractivity contribution in [2.75, 3.05) is 18.1 Å². The van der Waals surface area contributed by atoms with Gasteiger partial charge in [-0.25, -0.2) is 4.79 Å². The molecule has 1 aromatic heterocycles. The number of rotatable bonds is 5. The lowest BCUT2D eigenvalue weighted by Crippen LogP contribution is -2.35. The van der Waals surface area contributed by atoms with Crippen LogP contribution in [0, 0.1) is 0 Å². The van der Waals surface area contributed by atoms with Crippen LogP contribution >= 0.6 is 11.8 Å². The summed E-state index contributed by atoms with van der Waals surface area (Å²) >= 11 is 1.72. The van der Waals surface area contributed by atoms with Gasteiger partial charge < -0.3 is 14.1 Å². The summed E-state index contributed by atoms with van der Waals surface area (Å²) in [6.45, 7) is 2.22. The molecule has 35 heavy (non-hydrogen) atoms. The third kappa shape index (κ3) is 4.46. The third-order valence-corrected chi connectivity index (χ3v) is 7.21. The second-order valence-electron chi connectivity index (χ2n) is 8.34. The van der Waals surface area contributed by atoms with E-state index in [0.717, 1.165) is 21.9 Å². The molecular formula is C26H22N2O6S. The molecule has 0 radical (unpaired) electrons. The fraction of sp³-hybridized carbons (Fsp3) is 0.231. The van der Waals surface area contributed by atoms with E-state index in [2.05, 4.69) is 6.92 Å². The third-order valence-electron chi connectivity index (χ3n) is 5.97. The number of furan rings is 1. The van der Waals surface area contributed by atoms with Gasteiger partial charge in [0.25, 0.3) is 17.7 Å². The average Bonchev–Trinajstić information content (AvgIpc) is 3.41. The predicted octanol–water partition coefficient (Wildman–Crippen LogP) is 4.15. The highest BCUT2D eigenvalue weighted by molar-refractivity contribution is 8.00. The normalized spacial score (nSPS) is 17.1. The summed E-state index contributed by atoms with van der Waals surface area (Å²) < 4.78 is 10.5. The molecule has 3 aromatic rings. The molecule has 0 bridgehead atoms. The molecule has 0 fully saturated rings. The Morgan fingerprint density at radius 1 is 1.06 bits per heavy atom. The Balaban J connectivity index is 1.27. The first-order valence-corrected chi connectivity index (χ1v) is 12.1. The number of imide groups is 1. The van der Waals surface area contributed by atoms with Gasteiger partial charge in [0.15, 0.2) is 6.61 Å². The molecular weight excluding hydrogens is 468 g/mol. The Morgan fingerprint density at radius 2 is 1.86 bits per heavy atom. The van der Waals surface area contributed by atoms with Crippen molar-refractivity contribution >= 4 is 41.1 Å². The van der Waals surface area contributed by atoms with Gasteiger partial charge in [0, 0.05) is 16.7 Å². The van der Waals surface area contributed by atoms with Crippen LogP contribution in [0.1, 0.15) is 50.2 Å². The van der Waals surface area contributed by atoms with Crippen molar-refractivity contribution in [1.82, 2.24) is 4.90 Å². The van der Waals surface area contributed by atoms with Gasteiger partial charge in [-0.15, -0.1) is 11.8 Å². The van der Waals surface area contributed by atoms with E-state index < -0.39 is 24.4 Å². The monoisotopic (exact) mass is 490 g/mol. The Bertz CT molecular complexity index is 1320. The number of thioether (sulfide) groups is 1. The number of carbonyl (C=O) groups is 4. The molecule has 1 unspecified atom stereocenters. The van der Waals surface area contributed by atoms with Crippen LogP contribution in [0.4, 0.5) is 5.69 Å². The van der Waals surface area contributed by atoms with E-state index in [-0.39, 0.29) is 29.1 Å². The van der Waals surface area contributed by atoms with Crippen LogP contribution in [0.15, 0.2) is 70.2 Å². The SMILES string of the molecule is CC1CCN(C(=O)COC(=O)c2ccc3c(c2)C(=O)N(Cc2ccco2)C3=O)c2ccccc2S1. The zero-order chi connectivity index (χ0) is 24.5. The van der Waals surface area contributed by atoms with Crippen molar-refractivity contribution in [3.8, 4) is 0 Å². The highest BCUT2D eigenvalue weighted by atomic mass is 32.2. The maximum atomic E-state index is 13.0. The smallest absolute Gasteiger partial charge is 0.338 e. The topological polar surface area (TPSA) is 97.1 Å². The second kappa shape index (κ2) is 9.42. The van der Waals surface area contributed by atoms with Crippen LogP contribution in [-0.4, -0.2) is 47.0 Å². The molecule has 5 rings (SSSR count). The maximum absolute atomic E-state index is 13.0. The quantitative estimate of drug-likeness (QED) is 0.391. The van der Waals surface area contributed by atoms with Gasteiger partial charge in [-0.1, -0.05) is 19.1 Å². The molecule has 2 aliphatic rings. The van der Waals surface area contributed by atoms with Gasteiger partial charge >= 0.3 is 5.97 Å². The molecule has 1 atom stereocenters. The van der Waals surface area contributed by atoms with E-state index in [4.69, 9.17) is 9.15 Å². The Kier molecular flexibility index (Phi) is 6.17. The zero-order valence-corrected chi connectivity index (χ0v) is 19.7. The number of para-hydroxylation sites is 1. The van der Waals surface area contributed by atoms with Crippen molar-refractivity contribution in [2.45, 2.75) is 30.0 Å². The number of carbonyl (C=O) groups excluding carboxylic acids is 4. The predicted molar refractivity (Wildman–Crippen MR) is 128 cm³/mol. The van der Waals surface area contributed by atoms with Crippen LogP contribution < -0.4 is 4.90 Å². The van der Waals surface area contributed by atoms with Crippen LogP contribution in [0.2, 0.25) is 0 Å². The zero-order valence-electron chi connectivity index (χ0n) is 18.9. The molecule has 3 amide bonds. The van der Waals surface area contributed by atoms with Crippen molar-refractivity contribution in [1.29, 1.82) is 0 Å². The van der Waals surface area contributed by atoms with Gasteiger partial charge in [0.1, 0.15) is 5.76 Å². The van der Waals surface area contributed by atoms with Gasteiger partial charge in [-0.3, -0.25) is 19.3 Å². The first kappa shape index (κ1) is 22.9. The fourth-order valence-corrected chi connectivity index (χ4v) is 5.27. The van der Waals surface area contributed by atoms with E-state index in [1.807, 2.05) is 24.3 Å². The molecule has 8 nitrogen and oxygen atoms in total. The molecule has 2 aromatic carbocycles. The number of hydrogen-bond acceptors (Lipinski definition) is 7. The van der Waals surface area contributed by atoms with Crippen molar-refractivity contribution in [3.63, 3.8) is 0 Å². The fourth-order valence-electron chi connectivity index (χ4n) is 4.15. The van der Waals surface area contributed by atoms with Crippen LogP contribution in [-0.2, 0) is 16.1 Å². The first-order chi connectivity index (χ1) is 16.9. The van der Waals surface area contributed by atoms with E-state index in [1.165, 1.54) is 24.5 Å².